The largest absolute Gasteiger partial charge is 0.0984 e. The Balaban J connectivity index is 4.84. The molecule has 0 nitrogen and oxygen atoms in total. The van der Waals surface area contributed by atoms with Crippen LogP contribution in [0.15, 0.2) is 72.9 Å². The lowest BCUT2D eigenvalue weighted by Gasteiger charge is -2.05. The third-order valence-corrected chi connectivity index (χ3v) is 2.16. The van der Waals surface area contributed by atoms with E-state index in [0.29, 0.717) is 0 Å². The lowest BCUT2D eigenvalue weighted by atomic mass is 9.92. The van der Waals surface area contributed by atoms with Crippen LogP contribution in [0.1, 0.15) is 20.8 Å². The molecule has 0 N–H and O–H groups in total. The lowest BCUT2D eigenvalue weighted by Crippen LogP contribution is -1.95. The van der Waals surface area contributed by atoms with Gasteiger partial charge in [-0.15, -0.1) is 0 Å². The topological polar surface area (TPSA) is 0 Å². The molecule has 0 atom stereocenters. The van der Waals surface area contributed by atoms with Gasteiger partial charge in [0.15, 0.2) is 0 Å². The van der Waals surface area contributed by atoms with Crippen LogP contribution in [0.25, 0.3) is 0 Å². The molecule has 0 rings (SSSR count). The summed E-state index contributed by atoms with van der Waals surface area (Å²) >= 11 is 0. The van der Waals surface area contributed by atoms with E-state index in [-0.39, 0.29) is 0 Å². The molecule has 0 saturated carbocycles. The number of rotatable bonds is 6. The van der Waals surface area contributed by atoms with Gasteiger partial charge in [0.25, 0.3) is 0 Å². The monoisotopic (exact) mass is 213 g/mol. The van der Waals surface area contributed by atoms with Crippen molar-refractivity contribution >= 4 is 0 Å². The van der Waals surface area contributed by atoms with E-state index < -0.39 is 0 Å². The summed E-state index contributed by atoms with van der Waals surface area (Å²) in [6.45, 7) is 17.6. The van der Waals surface area contributed by atoms with Gasteiger partial charge in [0.1, 0.15) is 0 Å². The molecule has 0 amide bonds. The van der Waals surface area contributed by atoms with Crippen LogP contribution >= 0.6 is 0 Å². The van der Waals surface area contributed by atoms with Crippen LogP contribution in [0, 0.1) is 5.92 Å². The summed E-state index contributed by atoms with van der Waals surface area (Å²) < 4.78 is 0. The Morgan fingerprint density at radius 3 is 2.19 bits per heavy atom. The van der Waals surface area contributed by atoms with Gasteiger partial charge in [0, 0.05) is 18.1 Å². The van der Waals surface area contributed by atoms with Crippen molar-refractivity contribution < 1.29 is 0 Å². The summed E-state index contributed by atoms with van der Waals surface area (Å²) in [6, 6.07) is 0. The fourth-order valence-electron chi connectivity index (χ4n) is 1.10. The van der Waals surface area contributed by atoms with Crippen LogP contribution in [-0.4, -0.2) is 0 Å². The number of allylic oxidation sites excluding steroid dienone is 9. The van der Waals surface area contributed by atoms with E-state index in [9.17, 15) is 0 Å². The molecule has 0 aromatic heterocycles. The second-order valence-electron chi connectivity index (χ2n) is 3.82. The standard InChI is InChI=1S/C16H21/c1-7-9-10-14(5)15(6)16(8-2)12-11-13(3)4/h7-12H,1-2,5H2,3-4,6H3/q+1/b10-9-,16-12+. The molecule has 0 aliphatic heterocycles. The highest BCUT2D eigenvalue weighted by atomic mass is 14.1. The quantitative estimate of drug-likeness (QED) is 0.432. The van der Waals surface area contributed by atoms with Crippen molar-refractivity contribution in [1.82, 2.24) is 0 Å². The summed E-state index contributed by atoms with van der Waals surface area (Å²) in [5, 5.41) is 0. The molecule has 0 aromatic carbocycles. The normalized spacial score (nSPS) is 11.1. The maximum atomic E-state index is 4.01. The number of hydrogen-bond acceptors (Lipinski definition) is 0. The molecule has 0 radical (unpaired) electrons. The van der Waals surface area contributed by atoms with Crippen LogP contribution in [0.3, 0.4) is 0 Å². The first-order valence-electron chi connectivity index (χ1n) is 5.32. The number of hydrogen-bond donors (Lipinski definition) is 0. The van der Waals surface area contributed by atoms with Gasteiger partial charge >= 0.3 is 0 Å². The third kappa shape index (κ3) is 5.26. The predicted octanol–water partition coefficient (Wildman–Crippen LogP) is 4.96. The zero-order valence-electron chi connectivity index (χ0n) is 10.6. The Labute approximate surface area is 100 Å². The van der Waals surface area contributed by atoms with E-state index in [1.165, 1.54) is 5.57 Å². The van der Waals surface area contributed by atoms with E-state index in [2.05, 4.69) is 45.7 Å². The average molecular weight is 213 g/mol. The third-order valence-electron chi connectivity index (χ3n) is 2.16. The van der Waals surface area contributed by atoms with Gasteiger partial charge in [-0.3, -0.25) is 0 Å². The lowest BCUT2D eigenvalue weighted by molar-refractivity contribution is 1.20. The molecule has 0 heteroatoms. The molecule has 16 heavy (non-hydrogen) atoms. The average Bonchev–Trinajstić information content (AvgIpc) is 2.25. The summed E-state index contributed by atoms with van der Waals surface area (Å²) in [5.74, 6) is 1.13. The van der Waals surface area contributed by atoms with E-state index >= 15 is 0 Å². The van der Waals surface area contributed by atoms with Gasteiger partial charge < -0.3 is 0 Å². The van der Waals surface area contributed by atoms with E-state index in [0.717, 1.165) is 17.1 Å². The molecule has 0 spiro atoms. The van der Waals surface area contributed by atoms with Gasteiger partial charge in [-0.25, -0.2) is 0 Å². The Bertz CT molecular complexity index is 344. The molecule has 0 aromatic rings. The minimum atomic E-state index is 0.980. The van der Waals surface area contributed by atoms with Gasteiger partial charge in [-0.1, -0.05) is 24.8 Å². The highest BCUT2D eigenvalue weighted by Crippen LogP contribution is 2.23. The van der Waals surface area contributed by atoms with Crippen molar-refractivity contribution in [3.8, 4) is 0 Å². The molecular weight excluding hydrogens is 192 g/mol. The smallest absolute Gasteiger partial charge is 0.0747 e. The molecule has 0 unspecified atom stereocenters. The first kappa shape index (κ1) is 14.3. The Hall–Kier alpha value is -1.69. The zero-order valence-corrected chi connectivity index (χ0v) is 10.6. The van der Waals surface area contributed by atoms with Crippen LogP contribution in [0.4, 0.5) is 0 Å². The van der Waals surface area contributed by atoms with Crippen molar-refractivity contribution in [3.05, 3.63) is 78.8 Å². The minimum Gasteiger partial charge on any atom is -0.0984 e. The molecular formula is C16H21+. The molecule has 0 aliphatic rings. The summed E-state index contributed by atoms with van der Waals surface area (Å²) in [7, 11) is 0. The van der Waals surface area contributed by atoms with Crippen molar-refractivity contribution in [2.75, 3.05) is 0 Å². The van der Waals surface area contributed by atoms with Gasteiger partial charge in [-0.05, 0) is 45.6 Å². The SMILES string of the molecule is C=C/C=C\C(=C)[C+](C)/C(C=C)=C/C=C(C)C. The van der Waals surface area contributed by atoms with Crippen molar-refractivity contribution in [2.24, 2.45) is 0 Å². The van der Waals surface area contributed by atoms with Crippen LogP contribution in [-0.2, 0) is 0 Å². The van der Waals surface area contributed by atoms with Crippen LogP contribution < -0.4 is 0 Å². The molecule has 84 valence electrons. The maximum Gasteiger partial charge on any atom is 0.0747 e. The van der Waals surface area contributed by atoms with Gasteiger partial charge in [-0.2, -0.15) is 0 Å². The highest BCUT2D eigenvalue weighted by molar-refractivity contribution is 5.49. The Kier molecular flexibility index (Phi) is 6.78. The second-order valence-corrected chi connectivity index (χ2v) is 3.82. The second kappa shape index (κ2) is 7.58. The van der Waals surface area contributed by atoms with Gasteiger partial charge in [0.2, 0.25) is 0 Å². The van der Waals surface area contributed by atoms with E-state index in [1.54, 1.807) is 6.08 Å². The molecule has 0 aliphatic carbocycles. The summed E-state index contributed by atoms with van der Waals surface area (Å²) in [4.78, 5) is 0. The molecule has 0 bridgehead atoms. The first-order chi connectivity index (χ1) is 7.52. The fourth-order valence-corrected chi connectivity index (χ4v) is 1.10. The fraction of sp³-hybridized carbons (Fsp3) is 0.188. The van der Waals surface area contributed by atoms with Crippen molar-refractivity contribution in [3.63, 3.8) is 0 Å². The zero-order chi connectivity index (χ0) is 12.6. The van der Waals surface area contributed by atoms with E-state index in [4.69, 9.17) is 0 Å². The first-order valence-corrected chi connectivity index (χ1v) is 5.32. The van der Waals surface area contributed by atoms with E-state index in [1.807, 2.05) is 25.2 Å². The molecule has 0 saturated heterocycles. The predicted molar refractivity (Wildman–Crippen MR) is 75.1 cm³/mol. The molecule has 0 fully saturated rings. The Morgan fingerprint density at radius 1 is 1.12 bits per heavy atom. The van der Waals surface area contributed by atoms with Gasteiger partial charge in [0.05, 0.1) is 11.1 Å². The molecule has 0 heterocycles. The minimum absolute atomic E-state index is 0.980. The highest BCUT2D eigenvalue weighted by Gasteiger charge is 2.13. The summed E-state index contributed by atoms with van der Waals surface area (Å²) in [5.41, 5.74) is 3.34. The summed E-state index contributed by atoms with van der Waals surface area (Å²) in [6.07, 6.45) is 11.6. The van der Waals surface area contributed by atoms with Crippen molar-refractivity contribution in [1.29, 1.82) is 0 Å². The maximum absolute atomic E-state index is 4.01. The Morgan fingerprint density at radius 2 is 1.75 bits per heavy atom. The van der Waals surface area contributed by atoms with Crippen LogP contribution in [0.2, 0.25) is 0 Å². The van der Waals surface area contributed by atoms with Crippen LogP contribution in [0.5, 0.6) is 0 Å². The van der Waals surface area contributed by atoms with Crippen molar-refractivity contribution in [2.45, 2.75) is 20.8 Å².